The second-order valence-corrected chi connectivity index (χ2v) is 6.56. The standard InChI is InChI=1S/C15H19BrFN/c16-13-7-11(8-14(17)9-13)10-18-6-2-4-12-3-1-5-15(12)18/h7-9,12,15H,1-6,10H2. The molecule has 3 heteroatoms. The van der Waals surface area contributed by atoms with Gasteiger partial charge in [-0.05, 0) is 61.9 Å². The quantitative estimate of drug-likeness (QED) is 0.784. The average Bonchev–Trinajstić information content (AvgIpc) is 2.76. The summed E-state index contributed by atoms with van der Waals surface area (Å²) in [4.78, 5) is 2.57. The van der Waals surface area contributed by atoms with Crippen LogP contribution in [0.25, 0.3) is 0 Å². The SMILES string of the molecule is Fc1cc(Br)cc(CN2CCCC3CCCC32)c1. The van der Waals surface area contributed by atoms with Gasteiger partial charge < -0.3 is 0 Å². The summed E-state index contributed by atoms with van der Waals surface area (Å²) in [6.07, 6.45) is 6.81. The van der Waals surface area contributed by atoms with Gasteiger partial charge in [-0.3, -0.25) is 4.90 Å². The molecule has 0 aromatic heterocycles. The Kier molecular flexibility index (Phi) is 3.71. The van der Waals surface area contributed by atoms with E-state index >= 15 is 0 Å². The van der Waals surface area contributed by atoms with E-state index in [4.69, 9.17) is 0 Å². The average molecular weight is 312 g/mol. The first-order chi connectivity index (χ1) is 8.72. The van der Waals surface area contributed by atoms with Crippen LogP contribution in [0.1, 0.15) is 37.7 Å². The van der Waals surface area contributed by atoms with Crippen molar-refractivity contribution in [3.63, 3.8) is 0 Å². The zero-order chi connectivity index (χ0) is 12.5. The Bertz CT molecular complexity index is 414. The maximum absolute atomic E-state index is 13.4. The van der Waals surface area contributed by atoms with Crippen LogP contribution in [0.15, 0.2) is 22.7 Å². The summed E-state index contributed by atoms with van der Waals surface area (Å²) in [6.45, 7) is 2.08. The molecule has 1 nitrogen and oxygen atoms in total. The molecular weight excluding hydrogens is 293 g/mol. The van der Waals surface area contributed by atoms with E-state index in [-0.39, 0.29) is 5.82 Å². The third-order valence-corrected chi connectivity index (χ3v) is 4.87. The van der Waals surface area contributed by atoms with Crippen molar-refractivity contribution >= 4 is 15.9 Å². The second kappa shape index (κ2) is 5.30. The van der Waals surface area contributed by atoms with Crippen LogP contribution in [-0.4, -0.2) is 17.5 Å². The Labute approximate surface area is 116 Å². The molecule has 1 saturated heterocycles. The number of fused-ring (bicyclic) bond motifs is 1. The molecule has 98 valence electrons. The molecule has 2 unspecified atom stereocenters. The van der Waals surface area contributed by atoms with E-state index in [0.29, 0.717) is 0 Å². The van der Waals surface area contributed by atoms with Crippen molar-refractivity contribution in [2.45, 2.75) is 44.7 Å². The number of rotatable bonds is 2. The lowest BCUT2D eigenvalue weighted by atomic mass is 9.91. The van der Waals surface area contributed by atoms with E-state index in [9.17, 15) is 4.39 Å². The van der Waals surface area contributed by atoms with Crippen molar-refractivity contribution in [1.29, 1.82) is 0 Å². The van der Waals surface area contributed by atoms with Crippen molar-refractivity contribution in [3.8, 4) is 0 Å². The number of hydrogen-bond donors (Lipinski definition) is 0. The normalized spacial score (nSPS) is 28.3. The molecule has 0 bridgehead atoms. The molecule has 1 aromatic carbocycles. The van der Waals surface area contributed by atoms with Gasteiger partial charge in [0.15, 0.2) is 0 Å². The van der Waals surface area contributed by atoms with E-state index in [1.807, 2.05) is 6.07 Å². The number of nitrogens with zero attached hydrogens (tertiary/aromatic N) is 1. The van der Waals surface area contributed by atoms with Crippen LogP contribution >= 0.6 is 15.9 Å². The molecular formula is C15H19BrFN. The Morgan fingerprint density at radius 3 is 2.83 bits per heavy atom. The van der Waals surface area contributed by atoms with Crippen LogP contribution in [-0.2, 0) is 6.54 Å². The maximum atomic E-state index is 13.4. The molecule has 0 radical (unpaired) electrons. The van der Waals surface area contributed by atoms with Crippen molar-refractivity contribution in [3.05, 3.63) is 34.1 Å². The molecule has 1 aliphatic carbocycles. The highest BCUT2D eigenvalue weighted by atomic mass is 79.9. The van der Waals surface area contributed by atoms with Crippen LogP contribution in [0.4, 0.5) is 4.39 Å². The van der Waals surface area contributed by atoms with Gasteiger partial charge in [-0.1, -0.05) is 22.4 Å². The smallest absolute Gasteiger partial charge is 0.124 e. The van der Waals surface area contributed by atoms with Crippen molar-refractivity contribution in [2.75, 3.05) is 6.54 Å². The van der Waals surface area contributed by atoms with Crippen LogP contribution in [0.2, 0.25) is 0 Å². The van der Waals surface area contributed by atoms with E-state index in [0.717, 1.165) is 28.5 Å². The van der Waals surface area contributed by atoms with E-state index in [1.54, 1.807) is 6.07 Å². The Morgan fingerprint density at radius 1 is 1.17 bits per heavy atom. The van der Waals surface area contributed by atoms with Gasteiger partial charge in [0.2, 0.25) is 0 Å². The summed E-state index contributed by atoms with van der Waals surface area (Å²) in [7, 11) is 0. The Morgan fingerprint density at radius 2 is 2.00 bits per heavy atom. The minimum absolute atomic E-state index is 0.139. The van der Waals surface area contributed by atoms with Crippen molar-refractivity contribution in [2.24, 2.45) is 5.92 Å². The highest BCUT2D eigenvalue weighted by Gasteiger charge is 2.34. The lowest BCUT2D eigenvalue weighted by Gasteiger charge is -2.37. The molecule has 1 saturated carbocycles. The van der Waals surface area contributed by atoms with E-state index in [2.05, 4.69) is 20.8 Å². The zero-order valence-corrected chi connectivity index (χ0v) is 12.1. The van der Waals surface area contributed by atoms with Gasteiger partial charge in [-0.2, -0.15) is 0 Å². The van der Waals surface area contributed by atoms with Gasteiger partial charge in [0.05, 0.1) is 0 Å². The molecule has 18 heavy (non-hydrogen) atoms. The number of likely N-dealkylation sites (tertiary alicyclic amines) is 1. The number of halogens is 2. The fourth-order valence-electron chi connectivity index (χ4n) is 3.69. The van der Waals surface area contributed by atoms with Gasteiger partial charge in [-0.25, -0.2) is 4.39 Å². The first-order valence-electron chi connectivity index (χ1n) is 6.91. The molecule has 0 spiro atoms. The Hall–Kier alpha value is -0.410. The molecule has 2 fully saturated rings. The van der Waals surface area contributed by atoms with Crippen LogP contribution in [0, 0.1) is 11.7 Å². The van der Waals surface area contributed by atoms with Crippen LogP contribution in [0.5, 0.6) is 0 Å². The molecule has 2 atom stereocenters. The highest BCUT2D eigenvalue weighted by molar-refractivity contribution is 9.10. The molecule has 3 rings (SSSR count). The van der Waals surface area contributed by atoms with Gasteiger partial charge in [0.25, 0.3) is 0 Å². The highest BCUT2D eigenvalue weighted by Crippen LogP contribution is 2.37. The topological polar surface area (TPSA) is 3.24 Å². The first kappa shape index (κ1) is 12.6. The van der Waals surface area contributed by atoms with E-state index < -0.39 is 0 Å². The number of piperidine rings is 1. The van der Waals surface area contributed by atoms with Crippen LogP contribution < -0.4 is 0 Å². The molecule has 0 N–H and O–H groups in total. The molecule has 0 amide bonds. The van der Waals surface area contributed by atoms with Crippen LogP contribution in [0.3, 0.4) is 0 Å². The summed E-state index contributed by atoms with van der Waals surface area (Å²) in [6, 6.07) is 5.99. The molecule has 1 aromatic rings. The lowest BCUT2D eigenvalue weighted by molar-refractivity contribution is 0.106. The summed E-state index contributed by atoms with van der Waals surface area (Å²) in [5, 5.41) is 0. The predicted octanol–water partition coefficient (Wildman–Crippen LogP) is 4.35. The summed E-state index contributed by atoms with van der Waals surface area (Å²) < 4.78 is 14.2. The monoisotopic (exact) mass is 311 g/mol. The minimum atomic E-state index is -0.139. The summed E-state index contributed by atoms with van der Waals surface area (Å²) >= 11 is 3.38. The fourth-order valence-corrected chi connectivity index (χ4v) is 4.20. The van der Waals surface area contributed by atoms with Gasteiger partial charge >= 0.3 is 0 Å². The fraction of sp³-hybridized carbons (Fsp3) is 0.600. The number of benzene rings is 1. The van der Waals surface area contributed by atoms with Gasteiger partial charge in [0.1, 0.15) is 5.82 Å². The third kappa shape index (κ3) is 2.62. The number of hydrogen-bond acceptors (Lipinski definition) is 1. The zero-order valence-electron chi connectivity index (χ0n) is 10.5. The lowest BCUT2D eigenvalue weighted by Crippen LogP contribution is -2.41. The van der Waals surface area contributed by atoms with Crippen molar-refractivity contribution < 1.29 is 4.39 Å². The summed E-state index contributed by atoms with van der Waals surface area (Å²) in [5.74, 6) is 0.759. The largest absolute Gasteiger partial charge is 0.296 e. The van der Waals surface area contributed by atoms with Gasteiger partial charge in [-0.15, -0.1) is 0 Å². The molecule has 1 aliphatic heterocycles. The second-order valence-electron chi connectivity index (χ2n) is 5.65. The first-order valence-corrected chi connectivity index (χ1v) is 7.71. The molecule has 1 heterocycles. The maximum Gasteiger partial charge on any atom is 0.124 e. The molecule has 2 aliphatic rings. The van der Waals surface area contributed by atoms with Gasteiger partial charge in [0, 0.05) is 17.1 Å². The Balaban J connectivity index is 1.74. The summed E-state index contributed by atoms with van der Waals surface area (Å²) in [5.41, 5.74) is 1.09. The van der Waals surface area contributed by atoms with Crippen molar-refractivity contribution in [1.82, 2.24) is 4.90 Å². The predicted molar refractivity (Wildman–Crippen MR) is 74.9 cm³/mol. The third-order valence-electron chi connectivity index (χ3n) is 4.42. The minimum Gasteiger partial charge on any atom is -0.296 e. The van der Waals surface area contributed by atoms with E-state index in [1.165, 1.54) is 44.7 Å².